The van der Waals surface area contributed by atoms with Crippen LogP contribution in [0.5, 0.6) is 0 Å². The first-order valence-corrected chi connectivity index (χ1v) is 9.25. The van der Waals surface area contributed by atoms with Crippen molar-refractivity contribution in [1.82, 2.24) is 20.3 Å². The summed E-state index contributed by atoms with van der Waals surface area (Å²) in [5.41, 5.74) is 6.79. The van der Waals surface area contributed by atoms with E-state index in [-0.39, 0.29) is 29.4 Å². The Kier molecular flexibility index (Phi) is 4.61. The van der Waals surface area contributed by atoms with Crippen LogP contribution in [0.25, 0.3) is 5.69 Å². The standard InChI is InChI=1S/C18H22N6O3/c19-13-7-11-3-1-4-12(8-13)17(11)20-18(25)16-10-23(22-21-16)14-5-2-6-15(9-14)24(26)27/h2,5-6,9-13,17H,1,3-4,7-8,19H2,(H,20,25). The lowest BCUT2D eigenvalue weighted by atomic mass is 9.67. The van der Waals surface area contributed by atoms with Gasteiger partial charge in [0.25, 0.3) is 11.6 Å². The molecule has 9 heteroatoms. The second-order valence-corrected chi connectivity index (χ2v) is 7.51. The monoisotopic (exact) mass is 370 g/mol. The Morgan fingerprint density at radius 1 is 1.30 bits per heavy atom. The summed E-state index contributed by atoms with van der Waals surface area (Å²) in [7, 11) is 0. The van der Waals surface area contributed by atoms with Gasteiger partial charge in [-0.2, -0.15) is 0 Å². The maximum atomic E-state index is 12.7. The number of nitro benzene ring substituents is 1. The average molecular weight is 370 g/mol. The summed E-state index contributed by atoms with van der Waals surface area (Å²) in [6, 6.07) is 6.40. The van der Waals surface area contributed by atoms with Gasteiger partial charge in [-0.1, -0.05) is 17.7 Å². The highest BCUT2D eigenvalue weighted by molar-refractivity contribution is 5.92. The van der Waals surface area contributed by atoms with E-state index in [4.69, 9.17) is 5.73 Å². The Hall–Kier alpha value is -2.81. The van der Waals surface area contributed by atoms with Crippen LogP contribution in [0.15, 0.2) is 30.5 Å². The van der Waals surface area contributed by atoms with Crippen LogP contribution in [0.3, 0.4) is 0 Å². The molecule has 2 atom stereocenters. The van der Waals surface area contributed by atoms with Crippen molar-refractivity contribution in [3.8, 4) is 5.69 Å². The molecular formula is C18H22N6O3. The second-order valence-electron chi connectivity index (χ2n) is 7.51. The number of nitrogens with zero attached hydrogens (tertiary/aromatic N) is 4. The Morgan fingerprint density at radius 2 is 2.04 bits per heavy atom. The number of aromatic nitrogens is 3. The van der Waals surface area contributed by atoms with E-state index < -0.39 is 4.92 Å². The normalized spacial score (nSPS) is 27.1. The molecule has 2 aliphatic rings. The lowest BCUT2D eigenvalue weighted by molar-refractivity contribution is -0.384. The quantitative estimate of drug-likeness (QED) is 0.624. The molecule has 0 radical (unpaired) electrons. The molecule has 2 unspecified atom stereocenters. The lowest BCUT2D eigenvalue weighted by Gasteiger charge is -2.45. The SMILES string of the molecule is NC1CC2CCCC(C1)C2NC(=O)c1cn(-c2cccc([N+](=O)[O-])c2)nn1. The number of rotatable bonds is 4. The van der Waals surface area contributed by atoms with Crippen LogP contribution >= 0.6 is 0 Å². The lowest BCUT2D eigenvalue weighted by Crippen LogP contribution is -2.53. The van der Waals surface area contributed by atoms with Crippen molar-refractivity contribution in [2.75, 3.05) is 0 Å². The van der Waals surface area contributed by atoms with Gasteiger partial charge in [0.2, 0.25) is 0 Å². The first-order valence-electron chi connectivity index (χ1n) is 9.25. The first kappa shape index (κ1) is 17.6. The number of hydrogen-bond donors (Lipinski definition) is 2. The number of carbonyl (C=O) groups excluding carboxylic acids is 1. The first-order chi connectivity index (χ1) is 13.0. The summed E-state index contributed by atoms with van der Waals surface area (Å²) in [6.45, 7) is 0. The molecule has 1 aromatic heterocycles. The fourth-order valence-electron chi connectivity index (χ4n) is 4.49. The Labute approximate surface area is 156 Å². The molecule has 1 aromatic carbocycles. The molecule has 4 rings (SSSR count). The zero-order valence-electron chi connectivity index (χ0n) is 14.8. The Morgan fingerprint density at radius 3 is 2.74 bits per heavy atom. The molecule has 2 saturated carbocycles. The summed E-state index contributed by atoms with van der Waals surface area (Å²) in [5, 5.41) is 22.0. The summed E-state index contributed by atoms with van der Waals surface area (Å²) in [5.74, 6) is 0.579. The third kappa shape index (κ3) is 3.55. The van der Waals surface area contributed by atoms with Gasteiger partial charge in [-0.15, -0.1) is 5.10 Å². The number of carbonyl (C=O) groups is 1. The van der Waals surface area contributed by atoms with Crippen molar-refractivity contribution in [1.29, 1.82) is 0 Å². The van der Waals surface area contributed by atoms with Crippen LogP contribution in [0.4, 0.5) is 5.69 Å². The molecule has 2 bridgehead atoms. The molecule has 0 aliphatic heterocycles. The molecule has 1 heterocycles. The van der Waals surface area contributed by atoms with Gasteiger partial charge < -0.3 is 11.1 Å². The Balaban J connectivity index is 1.49. The van der Waals surface area contributed by atoms with Gasteiger partial charge in [0.15, 0.2) is 5.69 Å². The predicted molar refractivity (Wildman–Crippen MR) is 97.3 cm³/mol. The number of nitrogens with two attached hydrogens (primary N) is 1. The van der Waals surface area contributed by atoms with E-state index in [1.165, 1.54) is 29.4 Å². The summed E-state index contributed by atoms with van der Waals surface area (Å²) in [6.07, 6.45) is 6.77. The smallest absolute Gasteiger partial charge is 0.273 e. The molecule has 142 valence electrons. The van der Waals surface area contributed by atoms with Crippen molar-refractivity contribution >= 4 is 11.6 Å². The molecular weight excluding hydrogens is 348 g/mol. The number of nitrogens with one attached hydrogen (secondary N) is 1. The minimum Gasteiger partial charge on any atom is -0.347 e. The number of hydrogen-bond acceptors (Lipinski definition) is 6. The largest absolute Gasteiger partial charge is 0.347 e. The minimum atomic E-state index is -0.472. The maximum Gasteiger partial charge on any atom is 0.273 e. The second kappa shape index (κ2) is 7.07. The van der Waals surface area contributed by atoms with E-state index in [0.29, 0.717) is 17.5 Å². The minimum absolute atomic E-state index is 0.0413. The van der Waals surface area contributed by atoms with Crippen LogP contribution in [-0.4, -0.2) is 37.9 Å². The number of non-ortho nitro benzene ring substituents is 1. The van der Waals surface area contributed by atoms with Gasteiger partial charge in [-0.05, 0) is 43.6 Å². The van der Waals surface area contributed by atoms with E-state index >= 15 is 0 Å². The van der Waals surface area contributed by atoms with Crippen molar-refractivity contribution < 1.29 is 9.72 Å². The average Bonchev–Trinajstić information content (AvgIpc) is 3.13. The molecule has 2 aromatic rings. The molecule has 2 fully saturated rings. The van der Waals surface area contributed by atoms with Crippen molar-refractivity contribution in [3.63, 3.8) is 0 Å². The molecule has 27 heavy (non-hydrogen) atoms. The molecule has 0 spiro atoms. The third-order valence-corrected chi connectivity index (χ3v) is 5.71. The highest BCUT2D eigenvalue weighted by atomic mass is 16.6. The molecule has 2 aliphatic carbocycles. The number of amides is 1. The third-order valence-electron chi connectivity index (χ3n) is 5.71. The highest BCUT2D eigenvalue weighted by Crippen LogP contribution is 2.39. The molecule has 3 N–H and O–H groups in total. The van der Waals surface area contributed by atoms with Gasteiger partial charge in [-0.3, -0.25) is 14.9 Å². The van der Waals surface area contributed by atoms with E-state index in [2.05, 4.69) is 15.6 Å². The molecule has 0 saturated heterocycles. The van der Waals surface area contributed by atoms with Crippen LogP contribution in [-0.2, 0) is 0 Å². The van der Waals surface area contributed by atoms with Gasteiger partial charge in [0.1, 0.15) is 0 Å². The van der Waals surface area contributed by atoms with Crippen LogP contribution in [0.2, 0.25) is 0 Å². The zero-order valence-corrected chi connectivity index (χ0v) is 14.8. The summed E-state index contributed by atoms with van der Waals surface area (Å²) >= 11 is 0. The van der Waals surface area contributed by atoms with E-state index in [9.17, 15) is 14.9 Å². The van der Waals surface area contributed by atoms with E-state index in [0.717, 1.165) is 25.7 Å². The van der Waals surface area contributed by atoms with Crippen molar-refractivity contribution in [2.45, 2.75) is 44.2 Å². The summed E-state index contributed by atoms with van der Waals surface area (Å²) in [4.78, 5) is 23.1. The van der Waals surface area contributed by atoms with Crippen LogP contribution in [0.1, 0.15) is 42.6 Å². The van der Waals surface area contributed by atoms with Gasteiger partial charge in [0, 0.05) is 24.2 Å². The van der Waals surface area contributed by atoms with Gasteiger partial charge in [0.05, 0.1) is 16.8 Å². The van der Waals surface area contributed by atoms with Crippen molar-refractivity contribution in [3.05, 3.63) is 46.3 Å². The van der Waals surface area contributed by atoms with Crippen LogP contribution in [0, 0.1) is 22.0 Å². The van der Waals surface area contributed by atoms with E-state index in [1.54, 1.807) is 12.1 Å². The number of fused-ring (bicyclic) bond motifs is 2. The maximum absolute atomic E-state index is 12.7. The predicted octanol–water partition coefficient (Wildman–Crippen LogP) is 1.81. The fourth-order valence-corrected chi connectivity index (χ4v) is 4.49. The van der Waals surface area contributed by atoms with Gasteiger partial charge in [-0.25, -0.2) is 4.68 Å². The summed E-state index contributed by atoms with van der Waals surface area (Å²) < 4.78 is 1.37. The fraction of sp³-hybridized carbons (Fsp3) is 0.500. The topological polar surface area (TPSA) is 129 Å². The zero-order chi connectivity index (χ0) is 19.0. The van der Waals surface area contributed by atoms with E-state index in [1.807, 2.05) is 0 Å². The number of nitro groups is 1. The van der Waals surface area contributed by atoms with Crippen molar-refractivity contribution in [2.24, 2.45) is 17.6 Å². The molecule has 1 amide bonds. The van der Waals surface area contributed by atoms with Crippen LogP contribution < -0.4 is 11.1 Å². The van der Waals surface area contributed by atoms with Gasteiger partial charge >= 0.3 is 0 Å². The molecule has 9 nitrogen and oxygen atoms in total. The number of benzene rings is 1. The highest BCUT2D eigenvalue weighted by Gasteiger charge is 2.40. The Bertz CT molecular complexity index is 852.